The fraction of sp³-hybridized carbons (Fsp3) is 0.357. The van der Waals surface area contributed by atoms with Crippen molar-refractivity contribution >= 4 is 17.7 Å². The topological polar surface area (TPSA) is 92.5 Å². The molecular formula is C14H18N2O4. The number of nitro groups is 1. The minimum atomic E-state index is -0.480. The van der Waals surface area contributed by atoms with E-state index < -0.39 is 4.92 Å². The highest BCUT2D eigenvalue weighted by Crippen LogP contribution is 2.18. The Labute approximate surface area is 117 Å². The first kappa shape index (κ1) is 15.8. The Bertz CT molecular complexity index is 486. The SMILES string of the molecule is O=C(/C=C/c1ccccc1[N+](=O)[O-])NCCCCCO. The number of nitrogens with zero attached hydrogens (tertiary/aromatic N) is 1. The standard InChI is InChI=1S/C14H18N2O4/c17-11-5-1-4-10-15-14(18)9-8-12-6-2-3-7-13(12)16(19)20/h2-3,6-9,17H,1,4-5,10-11H2,(H,15,18)/b9-8+. The smallest absolute Gasteiger partial charge is 0.276 e. The van der Waals surface area contributed by atoms with Gasteiger partial charge in [0.2, 0.25) is 5.91 Å². The van der Waals surface area contributed by atoms with E-state index in [9.17, 15) is 14.9 Å². The molecule has 0 saturated heterocycles. The molecule has 108 valence electrons. The highest BCUT2D eigenvalue weighted by Gasteiger charge is 2.09. The van der Waals surface area contributed by atoms with Gasteiger partial charge in [0.15, 0.2) is 0 Å². The summed E-state index contributed by atoms with van der Waals surface area (Å²) in [4.78, 5) is 21.8. The predicted octanol–water partition coefficient (Wildman–Crippen LogP) is 1.89. The lowest BCUT2D eigenvalue weighted by Crippen LogP contribution is -2.22. The minimum Gasteiger partial charge on any atom is -0.396 e. The van der Waals surface area contributed by atoms with Crippen molar-refractivity contribution < 1.29 is 14.8 Å². The average Bonchev–Trinajstić information content (AvgIpc) is 2.45. The fourth-order valence-corrected chi connectivity index (χ4v) is 1.64. The van der Waals surface area contributed by atoms with Gasteiger partial charge >= 0.3 is 0 Å². The summed E-state index contributed by atoms with van der Waals surface area (Å²) in [5, 5.41) is 22.1. The Morgan fingerprint density at radius 1 is 1.30 bits per heavy atom. The molecule has 0 aromatic heterocycles. The van der Waals surface area contributed by atoms with Crippen LogP contribution >= 0.6 is 0 Å². The van der Waals surface area contributed by atoms with E-state index in [1.165, 1.54) is 18.2 Å². The van der Waals surface area contributed by atoms with Gasteiger partial charge in [0.25, 0.3) is 5.69 Å². The summed E-state index contributed by atoms with van der Waals surface area (Å²) in [5.41, 5.74) is 0.368. The second-order valence-corrected chi connectivity index (χ2v) is 4.22. The number of nitrogens with one attached hydrogen (secondary N) is 1. The number of amides is 1. The molecule has 0 saturated carbocycles. The molecular weight excluding hydrogens is 260 g/mol. The Morgan fingerprint density at radius 3 is 2.75 bits per heavy atom. The molecule has 1 rings (SSSR count). The average molecular weight is 278 g/mol. The van der Waals surface area contributed by atoms with Crippen molar-refractivity contribution in [2.45, 2.75) is 19.3 Å². The molecule has 1 aromatic rings. The molecule has 0 atom stereocenters. The van der Waals surface area contributed by atoms with E-state index in [1.54, 1.807) is 18.2 Å². The molecule has 2 N–H and O–H groups in total. The van der Waals surface area contributed by atoms with Gasteiger partial charge in [-0.2, -0.15) is 0 Å². The van der Waals surface area contributed by atoms with Gasteiger partial charge in [0.1, 0.15) is 0 Å². The number of para-hydroxylation sites is 1. The molecule has 0 heterocycles. The quantitative estimate of drug-likeness (QED) is 0.329. The Morgan fingerprint density at radius 2 is 2.05 bits per heavy atom. The van der Waals surface area contributed by atoms with Crippen molar-refractivity contribution in [1.29, 1.82) is 0 Å². The van der Waals surface area contributed by atoms with Gasteiger partial charge in [-0.3, -0.25) is 14.9 Å². The van der Waals surface area contributed by atoms with E-state index in [4.69, 9.17) is 5.11 Å². The number of nitro benzene ring substituents is 1. The molecule has 6 nitrogen and oxygen atoms in total. The van der Waals surface area contributed by atoms with E-state index in [2.05, 4.69) is 5.32 Å². The molecule has 6 heteroatoms. The van der Waals surface area contributed by atoms with Crippen molar-refractivity contribution in [3.05, 3.63) is 46.0 Å². The molecule has 0 aliphatic carbocycles. The molecule has 1 aromatic carbocycles. The number of hydrogen-bond donors (Lipinski definition) is 2. The summed E-state index contributed by atoms with van der Waals surface area (Å²) in [6.07, 6.45) is 5.09. The van der Waals surface area contributed by atoms with Crippen molar-refractivity contribution in [2.24, 2.45) is 0 Å². The van der Waals surface area contributed by atoms with Crippen LogP contribution in [-0.2, 0) is 4.79 Å². The molecule has 0 unspecified atom stereocenters. The number of carbonyl (C=O) groups excluding carboxylic acids is 1. The highest BCUT2D eigenvalue weighted by atomic mass is 16.6. The lowest BCUT2D eigenvalue weighted by atomic mass is 10.1. The summed E-state index contributed by atoms with van der Waals surface area (Å²) in [6, 6.07) is 6.24. The van der Waals surface area contributed by atoms with Crippen LogP contribution in [0.3, 0.4) is 0 Å². The van der Waals surface area contributed by atoms with Crippen molar-refractivity contribution in [2.75, 3.05) is 13.2 Å². The van der Waals surface area contributed by atoms with E-state index in [0.29, 0.717) is 12.1 Å². The third-order valence-electron chi connectivity index (χ3n) is 2.68. The number of unbranched alkanes of at least 4 members (excludes halogenated alkanes) is 2. The van der Waals surface area contributed by atoms with Gasteiger partial charge in [-0.25, -0.2) is 0 Å². The van der Waals surface area contributed by atoms with Crippen LogP contribution in [0.4, 0.5) is 5.69 Å². The monoisotopic (exact) mass is 278 g/mol. The summed E-state index contributed by atoms with van der Waals surface area (Å²) in [7, 11) is 0. The van der Waals surface area contributed by atoms with Crippen LogP contribution in [0, 0.1) is 10.1 Å². The number of hydrogen-bond acceptors (Lipinski definition) is 4. The lowest BCUT2D eigenvalue weighted by molar-refractivity contribution is -0.385. The van der Waals surface area contributed by atoms with Crippen molar-refractivity contribution in [3.63, 3.8) is 0 Å². The Kier molecular flexibility index (Phi) is 6.99. The van der Waals surface area contributed by atoms with Crippen LogP contribution in [0.25, 0.3) is 6.08 Å². The van der Waals surface area contributed by atoms with Crippen LogP contribution in [0.2, 0.25) is 0 Å². The maximum absolute atomic E-state index is 11.5. The van der Waals surface area contributed by atoms with Crippen molar-refractivity contribution in [1.82, 2.24) is 5.32 Å². The van der Waals surface area contributed by atoms with Crippen LogP contribution in [0.15, 0.2) is 30.3 Å². The predicted molar refractivity (Wildman–Crippen MR) is 76.1 cm³/mol. The molecule has 0 aliphatic heterocycles. The number of carbonyl (C=O) groups is 1. The molecule has 0 aliphatic rings. The molecule has 1 amide bonds. The zero-order valence-corrected chi connectivity index (χ0v) is 11.1. The zero-order chi connectivity index (χ0) is 14.8. The number of benzene rings is 1. The number of aliphatic hydroxyl groups excluding tert-OH is 1. The van der Waals surface area contributed by atoms with Gasteiger partial charge in [-0.1, -0.05) is 12.1 Å². The summed E-state index contributed by atoms with van der Waals surface area (Å²) in [6.45, 7) is 0.686. The molecule has 0 radical (unpaired) electrons. The lowest BCUT2D eigenvalue weighted by Gasteiger charge is -2.01. The van der Waals surface area contributed by atoms with Gasteiger partial charge in [0, 0.05) is 25.3 Å². The van der Waals surface area contributed by atoms with E-state index in [0.717, 1.165) is 19.3 Å². The number of aliphatic hydroxyl groups is 1. The summed E-state index contributed by atoms with van der Waals surface area (Å²) >= 11 is 0. The molecule has 0 spiro atoms. The van der Waals surface area contributed by atoms with Crippen LogP contribution < -0.4 is 5.32 Å². The first-order chi connectivity index (χ1) is 9.65. The van der Waals surface area contributed by atoms with Gasteiger partial charge < -0.3 is 10.4 Å². The normalized spacial score (nSPS) is 10.7. The van der Waals surface area contributed by atoms with Gasteiger partial charge in [-0.05, 0) is 31.4 Å². The second-order valence-electron chi connectivity index (χ2n) is 4.22. The zero-order valence-electron chi connectivity index (χ0n) is 11.1. The Hall–Kier alpha value is -2.21. The third kappa shape index (κ3) is 5.62. The minimum absolute atomic E-state index is 0.0282. The summed E-state index contributed by atoms with van der Waals surface area (Å²) in [5.74, 6) is -0.285. The third-order valence-corrected chi connectivity index (χ3v) is 2.68. The first-order valence-corrected chi connectivity index (χ1v) is 6.45. The highest BCUT2D eigenvalue weighted by molar-refractivity contribution is 5.92. The number of rotatable bonds is 8. The van der Waals surface area contributed by atoms with E-state index in [1.807, 2.05) is 0 Å². The van der Waals surface area contributed by atoms with Gasteiger partial charge in [0.05, 0.1) is 10.5 Å². The summed E-state index contributed by atoms with van der Waals surface area (Å²) < 4.78 is 0. The largest absolute Gasteiger partial charge is 0.396 e. The Balaban J connectivity index is 2.47. The van der Waals surface area contributed by atoms with E-state index in [-0.39, 0.29) is 18.2 Å². The van der Waals surface area contributed by atoms with Crippen molar-refractivity contribution in [3.8, 4) is 0 Å². The fourth-order valence-electron chi connectivity index (χ4n) is 1.64. The van der Waals surface area contributed by atoms with Crippen LogP contribution in [0.1, 0.15) is 24.8 Å². The van der Waals surface area contributed by atoms with Gasteiger partial charge in [-0.15, -0.1) is 0 Å². The first-order valence-electron chi connectivity index (χ1n) is 6.45. The molecule has 0 fully saturated rings. The maximum Gasteiger partial charge on any atom is 0.276 e. The molecule has 0 bridgehead atoms. The van der Waals surface area contributed by atoms with E-state index >= 15 is 0 Å². The second kappa shape index (κ2) is 8.82. The molecule has 20 heavy (non-hydrogen) atoms. The maximum atomic E-state index is 11.5. The van der Waals surface area contributed by atoms with Crippen LogP contribution in [-0.4, -0.2) is 29.1 Å². The van der Waals surface area contributed by atoms with Crippen LogP contribution in [0.5, 0.6) is 0 Å².